The van der Waals surface area contributed by atoms with Gasteiger partial charge in [-0.25, -0.2) is 9.97 Å². The fourth-order valence-electron chi connectivity index (χ4n) is 7.00. The van der Waals surface area contributed by atoms with Crippen molar-refractivity contribution < 1.29 is 9.59 Å². The number of rotatable bonds is 12. The van der Waals surface area contributed by atoms with E-state index in [4.69, 9.17) is 34.7 Å². The molecule has 0 spiro atoms. The highest BCUT2D eigenvalue weighted by Gasteiger charge is 2.16. The molecule has 0 saturated carbocycles. The lowest BCUT2D eigenvalue weighted by Gasteiger charge is -2.29. The van der Waals surface area contributed by atoms with Crippen molar-refractivity contribution in [3.8, 4) is 0 Å². The van der Waals surface area contributed by atoms with Gasteiger partial charge in [0.1, 0.15) is 10.0 Å². The van der Waals surface area contributed by atoms with Gasteiger partial charge in [-0.05, 0) is 105 Å². The highest BCUT2D eigenvalue weighted by molar-refractivity contribution is 6.33. The molecule has 8 N–H and O–H groups in total. The van der Waals surface area contributed by atoms with Gasteiger partial charge in [0, 0.05) is 48.9 Å². The molecule has 0 unspecified atom stereocenters. The first-order chi connectivity index (χ1) is 29.2. The van der Waals surface area contributed by atoms with Gasteiger partial charge in [0.25, 0.3) is 11.8 Å². The summed E-state index contributed by atoms with van der Waals surface area (Å²) in [5, 5.41) is 13.2. The Balaban J connectivity index is 0.000000181. The molecule has 0 bridgehead atoms. The third-order valence-corrected chi connectivity index (χ3v) is 10.6. The Hall–Kier alpha value is -6.64. The number of aromatic nitrogens is 4. The van der Waals surface area contributed by atoms with Crippen LogP contribution in [0.3, 0.4) is 0 Å². The van der Waals surface area contributed by atoms with Crippen molar-refractivity contribution in [3.05, 3.63) is 131 Å². The lowest BCUT2D eigenvalue weighted by molar-refractivity contribution is 0.0992. The van der Waals surface area contributed by atoms with E-state index in [1.807, 2.05) is 24.3 Å². The smallest absolute Gasteiger partial charge is 0.250 e. The molecule has 14 nitrogen and oxygen atoms in total. The van der Waals surface area contributed by atoms with Gasteiger partial charge in [-0.3, -0.25) is 9.59 Å². The molecular weight excluding hydrogens is 799 g/mol. The van der Waals surface area contributed by atoms with Crippen LogP contribution < -0.4 is 42.5 Å². The van der Waals surface area contributed by atoms with E-state index in [2.05, 4.69) is 75.3 Å². The summed E-state index contributed by atoms with van der Waals surface area (Å²) >= 11 is 12.5. The lowest BCUT2D eigenvalue weighted by Crippen LogP contribution is -2.29. The van der Waals surface area contributed by atoms with Crippen molar-refractivity contribution in [1.29, 1.82) is 0 Å². The van der Waals surface area contributed by atoms with Gasteiger partial charge in [0.15, 0.2) is 11.6 Å². The maximum Gasteiger partial charge on any atom is 0.250 e. The predicted molar refractivity (Wildman–Crippen MR) is 242 cm³/mol. The molecule has 0 atom stereocenters. The van der Waals surface area contributed by atoms with E-state index in [1.165, 1.54) is 62.3 Å². The summed E-state index contributed by atoms with van der Waals surface area (Å²) in [6, 6.07) is 30.3. The van der Waals surface area contributed by atoms with Crippen molar-refractivity contribution in [2.75, 3.05) is 57.2 Å². The van der Waals surface area contributed by atoms with Crippen LogP contribution in [0.1, 0.15) is 59.2 Å². The Bertz CT molecular complexity index is 2420. The lowest BCUT2D eigenvalue weighted by atomic mass is 10.1. The number of primary amides is 2. The number of carbonyl (C=O) groups excluding carboxylic acids is 2. The Morgan fingerprint density at radius 1 is 0.517 bits per heavy atom. The summed E-state index contributed by atoms with van der Waals surface area (Å²) in [5.74, 6) is 0.493. The average Bonchev–Trinajstić information content (AvgIpc) is 3.27. The van der Waals surface area contributed by atoms with Crippen LogP contribution in [0.25, 0.3) is 0 Å². The Labute approximate surface area is 358 Å². The maximum atomic E-state index is 11.7. The quantitative estimate of drug-likeness (QED) is 0.0685. The maximum absolute atomic E-state index is 11.7. The van der Waals surface area contributed by atoms with E-state index in [0.29, 0.717) is 56.1 Å². The van der Waals surface area contributed by atoms with E-state index in [0.717, 1.165) is 37.6 Å². The zero-order valence-electron chi connectivity index (χ0n) is 32.9. The number of para-hydroxylation sites is 2. The standard InChI is InChI=1S/2C22H23ClN6O/c23-18-14-25-22(28-21(18)27-19-10-3-2-9-17(19)20(24)30)26-15-7-6-8-16(13-15)29-11-4-1-5-12-29;23-18-14-25-22(28-21(18)27-19-7-3-2-6-17(19)20(24)30)26-15-8-10-16(11-9-15)29-12-4-1-5-13-29/h2-3,6-10,13-14H,1,4-5,11-12H2,(H2,24,30)(H2,25,26,27,28);2-3,6-11,14H,1,4-5,12-13H2,(H2,24,30)(H2,25,26,27,28). The fraction of sp³-hybridized carbons (Fsp3) is 0.227. The van der Waals surface area contributed by atoms with Crippen molar-refractivity contribution in [2.24, 2.45) is 11.5 Å². The first kappa shape index (κ1) is 41.5. The van der Waals surface area contributed by atoms with E-state index in [-0.39, 0.29) is 0 Å². The first-order valence-corrected chi connectivity index (χ1v) is 20.6. The molecule has 2 saturated heterocycles. The van der Waals surface area contributed by atoms with Crippen LogP contribution in [-0.2, 0) is 0 Å². The number of hydrogen-bond acceptors (Lipinski definition) is 12. The zero-order chi connectivity index (χ0) is 41.8. The number of hydrogen-bond donors (Lipinski definition) is 6. The highest BCUT2D eigenvalue weighted by atomic mass is 35.5. The molecule has 0 radical (unpaired) electrons. The van der Waals surface area contributed by atoms with Crippen molar-refractivity contribution >= 4 is 92.7 Å². The fourth-order valence-corrected chi connectivity index (χ4v) is 7.27. The first-order valence-electron chi connectivity index (χ1n) is 19.8. The molecule has 4 heterocycles. The summed E-state index contributed by atoms with van der Waals surface area (Å²) in [6.07, 6.45) is 10.6. The van der Waals surface area contributed by atoms with Gasteiger partial charge < -0.3 is 42.5 Å². The summed E-state index contributed by atoms with van der Waals surface area (Å²) in [5.41, 5.74) is 16.8. The van der Waals surface area contributed by atoms with Crippen LogP contribution in [0.2, 0.25) is 10.0 Å². The molecule has 2 fully saturated rings. The largest absolute Gasteiger partial charge is 0.372 e. The Kier molecular flexibility index (Phi) is 13.8. The van der Waals surface area contributed by atoms with Gasteiger partial charge in [0.2, 0.25) is 11.9 Å². The highest BCUT2D eigenvalue weighted by Crippen LogP contribution is 2.30. The number of anilines is 10. The number of nitrogens with zero attached hydrogens (tertiary/aromatic N) is 6. The molecule has 2 aliphatic rings. The topological polar surface area (TPSA) is 192 Å². The second-order valence-corrected chi connectivity index (χ2v) is 15.1. The molecular formula is C44H46Cl2N12O2. The predicted octanol–water partition coefficient (Wildman–Crippen LogP) is 9.41. The third-order valence-electron chi connectivity index (χ3n) is 10.0. The Morgan fingerprint density at radius 2 is 0.983 bits per heavy atom. The van der Waals surface area contributed by atoms with Crippen LogP contribution in [0, 0.1) is 0 Å². The summed E-state index contributed by atoms with van der Waals surface area (Å²) in [4.78, 5) is 45.6. The van der Waals surface area contributed by atoms with E-state index >= 15 is 0 Å². The molecule has 60 heavy (non-hydrogen) atoms. The van der Waals surface area contributed by atoms with Crippen molar-refractivity contribution in [1.82, 2.24) is 19.9 Å². The normalized spacial score (nSPS) is 13.7. The summed E-state index contributed by atoms with van der Waals surface area (Å²) in [6.45, 7) is 4.37. The minimum Gasteiger partial charge on any atom is -0.372 e. The number of carbonyl (C=O) groups is 2. The van der Waals surface area contributed by atoms with Crippen LogP contribution >= 0.6 is 23.2 Å². The molecule has 2 amide bonds. The SMILES string of the molecule is NC(=O)c1ccccc1Nc1nc(Nc2ccc(N3CCCCC3)cc2)ncc1Cl.NC(=O)c1ccccc1Nc1nc(Nc2cccc(N3CCCCC3)c2)ncc1Cl. The zero-order valence-corrected chi connectivity index (χ0v) is 34.4. The van der Waals surface area contributed by atoms with E-state index < -0.39 is 11.8 Å². The van der Waals surface area contributed by atoms with Crippen LogP contribution in [-0.4, -0.2) is 57.9 Å². The van der Waals surface area contributed by atoms with Gasteiger partial charge in [0.05, 0.1) is 34.9 Å². The van der Waals surface area contributed by atoms with Crippen molar-refractivity contribution in [3.63, 3.8) is 0 Å². The molecule has 308 valence electrons. The summed E-state index contributed by atoms with van der Waals surface area (Å²) < 4.78 is 0. The third kappa shape index (κ3) is 10.9. The summed E-state index contributed by atoms with van der Waals surface area (Å²) in [7, 11) is 0. The minimum atomic E-state index is -0.532. The molecule has 2 aliphatic heterocycles. The minimum absolute atomic E-state index is 0.334. The number of benzene rings is 4. The van der Waals surface area contributed by atoms with Gasteiger partial charge >= 0.3 is 0 Å². The van der Waals surface area contributed by atoms with Crippen molar-refractivity contribution in [2.45, 2.75) is 38.5 Å². The van der Waals surface area contributed by atoms with E-state index in [9.17, 15) is 9.59 Å². The molecule has 16 heteroatoms. The molecule has 8 rings (SSSR count). The molecule has 2 aromatic heterocycles. The second kappa shape index (κ2) is 19.9. The van der Waals surface area contributed by atoms with Gasteiger partial charge in [-0.1, -0.05) is 53.5 Å². The van der Waals surface area contributed by atoms with Crippen LogP contribution in [0.15, 0.2) is 109 Å². The number of nitrogens with one attached hydrogen (secondary N) is 4. The molecule has 4 aromatic carbocycles. The number of amides is 2. The second-order valence-electron chi connectivity index (χ2n) is 14.3. The van der Waals surface area contributed by atoms with Gasteiger partial charge in [-0.15, -0.1) is 0 Å². The van der Waals surface area contributed by atoms with Crippen LogP contribution in [0.5, 0.6) is 0 Å². The molecule has 6 aromatic rings. The number of piperidine rings is 2. The van der Waals surface area contributed by atoms with E-state index in [1.54, 1.807) is 48.5 Å². The number of nitrogens with two attached hydrogens (primary N) is 2. The Morgan fingerprint density at radius 3 is 1.48 bits per heavy atom. The van der Waals surface area contributed by atoms with Crippen LogP contribution in [0.4, 0.5) is 57.7 Å². The monoisotopic (exact) mass is 844 g/mol. The molecule has 0 aliphatic carbocycles. The van der Waals surface area contributed by atoms with Gasteiger partial charge in [-0.2, -0.15) is 9.97 Å². The average molecular weight is 846 g/mol. The number of halogens is 2.